The molecule has 2 atom stereocenters. The van der Waals surface area contributed by atoms with E-state index < -0.39 is 0 Å². The Hall–Kier alpha value is -0.940. The third-order valence-electron chi connectivity index (χ3n) is 3.58. The molecule has 0 spiro atoms. The van der Waals surface area contributed by atoms with Crippen LogP contribution in [0.25, 0.3) is 0 Å². The Balaban J connectivity index is 2.02. The standard InChI is InChI=1S/C12H22N4O/c1-8(2)16-6-5-10(7-16)11-14-12(17-15-11)9(3)13-4/h8-10,13H,5-7H2,1-4H3. The van der Waals surface area contributed by atoms with E-state index in [2.05, 4.69) is 34.2 Å². The molecule has 0 saturated carbocycles. The molecule has 1 saturated heterocycles. The maximum absolute atomic E-state index is 5.28. The molecule has 1 fully saturated rings. The van der Waals surface area contributed by atoms with Gasteiger partial charge < -0.3 is 14.7 Å². The molecule has 1 N–H and O–H groups in total. The van der Waals surface area contributed by atoms with Crippen LogP contribution in [0.4, 0.5) is 0 Å². The monoisotopic (exact) mass is 238 g/mol. The fourth-order valence-electron chi connectivity index (χ4n) is 2.18. The lowest BCUT2D eigenvalue weighted by atomic mass is 10.1. The Kier molecular flexibility index (Phi) is 3.79. The van der Waals surface area contributed by atoms with Gasteiger partial charge in [-0.1, -0.05) is 5.16 Å². The maximum Gasteiger partial charge on any atom is 0.243 e. The molecule has 1 aromatic heterocycles. The molecule has 2 unspecified atom stereocenters. The number of nitrogens with one attached hydrogen (secondary N) is 1. The molecular formula is C12H22N4O. The molecule has 0 amide bonds. The van der Waals surface area contributed by atoms with Gasteiger partial charge in [0.2, 0.25) is 5.89 Å². The first-order valence-electron chi connectivity index (χ1n) is 6.36. The Morgan fingerprint density at radius 1 is 1.41 bits per heavy atom. The van der Waals surface area contributed by atoms with Gasteiger partial charge in [-0.25, -0.2) is 0 Å². The van der Waals surface area contributed by atoms with Crippen molar-refractivity contribution in [1.29, 1.82) is 0 Å². The number of rotatable bonds is 4. The number of aromatic nitrogens is 2. The summed E-state index contributed by atoms with van der Waals surface area (Å²) in [6.07, 6.45) is 1.13. The van der Waals surface area contributed by atoms with Gasteiger partial charge in [-0.2, -0.15) is 4.98 Å². The second kappa shape index (κ2) is 5.14. The van der Waals surface area contributed by atoms with Gasteiger partial charge in [0.1, 0.15) is 0 Å². The average molecular weight is 238 g/mol. The van der Waals surface area contributed by atoms with E-state index in [1.807, 2.05) is 14.0 Å². The molecule has 17 heavy (non-hydrogen) atoms. The van der Waals surface area contributed by atoms with Crippen LogP contribution in [0.1, 0.15) is 50.9 Å². The molecule has 0 aliphatic carbocycles. The second-order valence-corrected chi connectivity index (χ2v) is 5.08. The quantitative estimate of drug-likeness (QED) is 0.862. The van der Waals surface area contributed by atoms with Crippen molar-refractivity contribution in [3.05, 3.63) is 11.7 Å². The lowest BCUT2D eigenvalue weighted by Crippen LogP contribution is -2.28. The summed E-state index contributed by atoms with van der Waals surface area (Å²) in [7, 11) is 1.89. The molecule has 0 radical (unpaired) electrons. The van der Waals surface area contributed by atoms with Crippen LogP contribution < -0.4 is 5.32 Å². The molecule has 2 rings (SSSR count). The Morgan fingerprint density at radius 3 is 2.76 bits per heavy atom. The van der Waals surface area contributed by atoms with E-state index in [0.717, 1.165) is 25.3 Å². The minimum absolute atomic E-state index is 0.124. The van der Waals surface area contributed by atoms with Gasteiger partial charge >= 0.3 is 0 Å². The van der Waals surface area contributed by atoms with Crippen molar-refractivity contribution in [1.82, 2.24) is 20.4 Å². The van der Waals surface area contributed by atoms with Crippen LogP contribution in [0.3, 0.4) is 0 Å². The molecule has 1 aromatic rings. The average Bonchev–Trinajstić information content (AvgIpc) is 2.95. The second-order valence-electron chi connectivity index (χ2n) is 5.08. The molecule has 2 heterocycles. The highest BCUT2D eigenvalue weighted by Gasteiger charge is 2.29. The van der Waals surface area contributed by atoms with E-state index in [4.69, 9.17) is 4.52 Å². The summed E-state index contributed by atoms with van der Waals surface area (Å²) in [4.78, 5) is 6.95. The van der Waals surface area contributed by atoms with E-state index in [-0.39, 0.29) is 6.04 Å². The smallest absolute Gasteiger partial charge is 0.243 e. The molecule has 96 valence electrons. The summed E-state index contributed by atoms with van der Waals surface area (Å²) in [5.41, 5.74) is 0. The van der Waals surface area contributed by atoms with Crippen LogP contribution in [0.2, 0.25) is 0 Å². The Labute approximate surface area is 103 Å². The van der Waals surface area contributed by atoms with E-state index >= 15 is 0 Å². The first kappa shape index (κ1) is 12.5. The number of hydrogen-bond acceptors (Lipinski definition) is 5. The third-order valence-corrected chi connectivity index (χ3v) is 3.58. The molecule has 5 nitrogen and oxygen atoms in total. The van der Waals surface area contributed by atoms with Gasteiger partial charge in [0.05, 0.1) is 6.04 Å². The highest BCUT2D eigenvalue weighted by molar-refractivity contribution is 5.02. The van der Waals surface area contributed by atoms with Gasteiger partial charge in [0.15, 0.2) is 5.82 Å². The number of nitrogens with zero attached hydrogens (tertiary/aromatic N) is 3. The summed E-state index contributed by atoms with van der Waals surface area (Å²) in [5, 5.41) is 7.21. The van der Waals surface area contributed by atoms with Gasteiger partial charge in [0, 0.05) is 18.5 Å². The molecule has 0 bridgehead atoms. The summed E-state index contributed by atoms with van der Waals surface area (Å²) in [6.45, 7) is 8.66. The van der Waals surface area contributed by atoms with E-state index in [0.29, 0.717) is 17.9 Å². The van der Waals surface area contributed by atoms with Crippen LogP contribution in [-0.4, -0.2) is 41.2 Å². The van der Waals surface area contributed by atoms with Crippen LogP contribution in [0, 0.1) is 0 Å². The summed E-state index contributed by atoms with van der Waals surface area (Å²) >= 11 is 0. The normalized spacial score (nSPS) is 23.5. The highest BCUT2D eigenvalue weighted by atomic mass is 16.5. The minimum Gasteiger partial charge on any atom is -0.338 e. The fraction of sp³-hybridized carbons (Fsp3) is 0.833. The number of likely N-dealkylation sites (tertiary alicyclic amines) is 1. The number of hydrogen-bond donors (Lipinski definition) is 1. The van der Waals surface area contributed by atoms with Crippen molar-refractivity contribution in [2.75, 3.05) is 20.1 Å². The molecule has 0 aromatic carbocycles. The zero-order chi connectivity index (χ0) is 12.4. The van der Waals surface area contributed by atoms with Crippen LogP contribution in [0.15, 0.2) is 4.52 Å². The molecule has 1 aliphatic rings. The molecule has 1 aliphatic heterocycles. The first-order valence-corrected chi connectivity index (χ1v) is 6.36. The van der Waals surface area contributed by atoms with Gasteiger partial charge in [0.25, 0.3) is 0 Å². The summed E-state index contributed by atoms with van der Waals surface area (Å²) in [5.74, 6) is 1.98. The van der Waals surface area contributed by atoms with Gasteiger partial charge in [-0.15, -0.1) is 0 Å². The van der Waals surface area contributed by atoms with Gasteiger partial charge in [-0.3, -0.25) is 0 Å². The Bertz CT molecular complexity index is 363. The topological polar surface area (TPSA) is 54.2 Å². The van der Waals surface area contributed by atoms with E-state index in [9.17, 15) is 0 Å². The molecular weight excluding hydrogens is 216 g/mol. The predicted molar refractivity (Wildman–Crippen MR) is 65.8 cm³/mol. The SMILES string of the molecule is CNC(C)c1nc(C2CCN(C(C)C)C2)no1. The van der Waals surface area contributed by atoms with E-state index in [1.54, 1.807) is 0 Å². The van der Waals surface area contributed by atoms with Crippen molar-refractivity contribution in [3.63, 3.8) is 0 Å². The Morgan fingerprint density at radius 2 is 2.18 bits per heavy atom. The van der Waals surface area contributed by atoms with Gasteiger partial charge in [-0.05, 0) is 40.8 Å². The largest absolute Gasteiger partial charge is 0.338 e. The lowest BCUT2D eigenvalue weighted by Gasteiger charge is -2.19. The van der Waals surface area contributed by atoms with Crippen molar-refractivity contribution in [2.24, 2.45) is 0 Å². The molecule has 5 heteroatoms. The zero-order valence-electron chi connectivity index (χ0n) is 11.1. The fourth-order valence-corrected chi connectivity index (χ4v) is 2.18. The zero-order valence-corrected chi connectivity index (χ0v) is 11.1. The highest BCUT2D eigenvalue weighted by Crippen LogP contribution is 2.26. The van der Waals surface area contributed by atoms with E-state index in [1.165, 1.54) is 0 Å². The van der Waals surface area contributed by atoms with Crippen molar-refractivity contribution >= 4 is 0 Å². The third kappa shape index (κ3) is 2.66. The predicted octanol–water partition coefficient (Wildman–Crippen LogP) is 1.55. The van der Waals surface area contributed by atoms with Crippen LogP contribution in [0.5, 0.6) is 0 Å². The lowest BCUT2D eigenvalue weighted by molar-refractivity contribution is 0.271. The summed E-state index contributed by atoms with van der Waals surface area (Å²) in [6, 6.07) is 0.724. The van der Waals surface area contributed by atoms with Crippen LogP contribution >= 0.6 is 0 Å². The summed E-state index contributed by atoms with van der Waals surface area (Å²) < 4.78 is 5.28. The van der Waals surface area contributed by atoms with Crippen molar-refractivity contribution in [2.45, 2.75) is 45.2 Å². The maximum atomic E-state index is 5.28. The minimum atomic E-state index is 0.124. The van der Waals surface area contributed by atoms with Crippen molar-refractivity contribution < 1.29 is 4.52 Å². The first-order chi connectivity index (χ1) is 8.11. The van der Waals surface area contributed by atoms with Crippen LogP contribution in [-0.2, 0) is 0 Å². The van der Waals surface area contributed by atoms with Crippen molar-refractivity contribution in [3.8, 4) is 0 Å².